The van der Waals surface area contributed by atoms with Gasteiger partial charge in [0.25, 0.3) is 0 Å². The van der Waals surface area contributed by atoms with Gasteiger partial charge in [-0.25, -0.2) is 4.79 Å². The van der Waals surface area contributed by atoms with Crippen molar-refractivity contribution >= 4 is 11.8 Å². The maximum Gasteiger partial charge on any atom is 0.410 e. The highest BCUT2D eigenvalue weighted by atomic mass is 16.6. The lowest BCUT2D eigenvalue weighted by molar-refractivity contribution is 0.00756. The average molecular weight is 363 g/mol. The van der Waals surface area contributed by atoms with Crippen molar-refractivity contribution in [3.8, 4) is 5.75 Å². The Morgan fingerprint density at radius 3 is 2.62 bits per heavy atom. The van der Waals surface area contributed by atoms with Crippen LogP contribution in [-0.4, -0.2) is 35.3 Å². The molecule has 1 fully saturated rings. The molecule has 0 aliphatic carbocycles. The van der Waals surface area contributed by atoms with Gasteiger partial charge in [-0.05, 0) is 77.5 Å². The van der Waals surface area contributed by atoms with Crippen LogP contribution in [0.2, 0.25) is 0 Å². The van der Waals surface area contributed by atoms with Crippen LogP contribution in [0.4, 0.5) is 10.5 Å². The minimum atomic E-state index is -0.466. The number of likely N-dealkylation sites (tertiary alicyclic amines) is 1. The molecule has 0 radical (unpaired) electrons. The Morgan fingerprint density at radius 2 is 2.04 bits per heavy atom. The number of carbonyl (C=O) groups excluding carboxylic acids is 1. The number of rotatable bonds is 4. The number of carbonyl (C=O) groups is 1. The van der Waals surface area contributed by atoms with E-state index in [1.807, 2.05) is 45.6 Å². The van der Waals surface area contributed by atoms with Gasteiger partial charge in [-0.2, -0.15) is 0 Å². The number of ether oxygens (including phenoxy) is 2. The van der Waals surface area contributed by atoms with Gasteiger partial charge in [0.2, 0.25) is 0 Å². The van der Waals surface area contributed by atoms with Gasteiger partial charge in [0.05, 0.1) is 11.8 Å². The molecule has 1 saturated heterocycles. The molecule has 1 amide bonds. The topological polar surface area (TPSA) is 64.8 Å². The molecule has 0 spiro atoms. The first kappa shape index (κ1) is 20.4. The third-order valence-electron chi connectivity index (χ3n) is 4.69. The van der Waals surface area contributed by atoms with Crippen LogP contribution >= 0.6 is 0 Å². The molecule has 1 aromatic rings. The van der Waals surface area contributed by atoms with E-state index in [1.165, 1.54) is 5.56 Å². The van der Waals surface area contributed by atoms with Gasteiger partial charge in [-0.3, -0.25) is 0 Å². The zero-order valence-corrected chi connectivity index (χ0v) is 17.0. The van der Waals surface area contributed by atoms with Crippen LogP contribution in [0.15, 0.2) is 18.2 Å². The molecule has 1 aromatic carbocycles. The van der Waals surface area contributed by atoms with E-state index in [4.69, 9.17) is 15.2 Å². The normalized spacial score (nSPS) is 21.0. The van der Waals surface area contributed by atoms with E-state index in [2.05, 4.69) is 19.1 Å². The minimum absolute atomic E-state index is 0.0879. The molecule has 2 atom stereocenters. The van der Waals surface area contributed by atoms with Crippen molar-refractivity contribution in [3.63, 3.8) is 0 Å². The van der Waals surface area contributed by atoms with Crippen molar-refractivity contribution in [1.82, 2.24) is 4.90 Å². The minimum Gasteiger partial charge on any atom is -0.489 e. The summed E-state index contributed by atoms with van der Waals surface area (Å²) in [6.45, 7) is 12.6. The molecule has 5 heteroatoms. The molecule has 2 N–H and O–H groups in total. The predicted molar refractivity (Wildman–Crippen MR) is 106 cm³/mol. The van der Waals surface area contributed by atoms with Gasteiger partial charge in [-0.15, -0.1) is 0 Å². The molecule has 5 nitrogen and oxygen atoms in total. The number of benzene rings is 1. The molecule has 1 aliphatic heterocycles. The fourth-order valence-corrected chi connectivity index (χ4v) is 3.46. The molecule has 0 saturated carbocycles. The molecule has 0 aromatic heterocycles. The van der Waals surface area contributed by atoms with Gasteiger partial charge >= 0.3 is 6.09 Å². The van der Waals surface area contributed by atoms with E-state index in [-0.39, 0.29) is 18.2 Å². The van der Waals surface area contributed by atoms with Crippen LogP contribution in [0.3, 0.4) is 0 Å². The third kappa shape index (κ3) is 5.29. The second kappa shape index (κ2) is 8.19. The standard InChI is InChI=1S/C21H34N2O3/c1-7-17-12-16(10-11-23(17)20(24)26-21(4,5)6)15-8-9-18(22)19(13-15)25-14(2)3/h8-9,13-14,16-17H,7,10-12,22H2,1-6H3/t16-,17+/m0/s1. The van der Waals surface area contributed by atoms with Crippen LogP contribution < -0.4 is 10.5 Å². The molecule has 26 heavy (non-hydrogen) atoms. The van der Waals surface area contributed by atoms with E-state index in [0.717, 1.165) is 25.0 Å². The second-order valence-electron chi connectivity index (χ2n) is 8.42. The lowest BCUT2D eigenvalue weighted by Crippen LogP contribution is -2.47. The highest BCUT2D eigenvalue weighted by Gasteiger charge is 2.34. The Kier molecular flexibility index (Phi) is 6.43. The number of hydrogen-bond donors (Lipinski definition) is 1. The Labute approximate surface area is 157 Å². The van der Waals surface area contributed by atoms with Gasteiger partial charge in [0, 0.05) is 12.6 Å². The van der Waals surface area contributed by atoms with Gasteiger partial charge < -0.3 is 20.1 Å². The molecule has 146 valence electrons. The van der Waals surface area contributed by atoms with Crippen molar-refractivity contribution in [3.05, 3.63) is 23.8 Å². The van der Waals surface area contributed by atoms with Crippen LogP contribution in [0.1, 0.15) is 72.3 Å². The maximum atomic E-state index is 12.5. The van der Waals surface area contributed by atoms with Crippen molar-refractivity contribution in [2.45, 2.75) is 84.5 Å². The first-order chi connectivity index (χ1) is 12.1. The molecular weight excluding hydrogens is 328 g/mol. The molecular formula is C21H34N2O3. The number of hydrogen-bond acceptors (Lipinski definition) is 4. The monoisotopic (exact) mass is 362 g/mol. The first-order valence-electron chi connectivity index (χ1n) is 9.66. The zero-order chi connectivity index (χ0) is 19.5. The third-order valence-corrected chi connectivity index (χ3v) is 4.69. The Bertz CT molecular complexity index is 622. The number of amides is 1. The summed E-state index contributed by atoms with van der Waals surface area (Å²) in [6.07, 6.45) is 2.65. The van der Waals surface area contributed by atoms with Crippen molar-refractivity contribution < 1.29 is 14.3 Å². The van der Waals surface area contributed by atoms with E-state index in [1.54, 1.807) is 0 Å². The van der Waals surface area contributed by atoms with E-state index in [0.29, 0.717) is 18.2 Å². The number of nitrogens with two attached hydrogens (primary N) is 1. The summed E-state index contributed by atoms with van der Waals surface area (Å²) in [5.41, 5.74) is 7.48. The number of nitrogen functional groups attached to an aromatic ring is 1. The lowest BCUT2D eigenvalue weighted by atomic mass is 9.84. The van der Waals surface area contributed by atoms with Crippen molar-refractivity contribution in [2.24, 2.45) is 0 Å². The highest BCUT2D eigenvalue weighted by Crippen LogP contribution is 2.36. The summed E-state index contributed by atoms with van der Waals surface area (Å²) in [5.74, 6) is 1.15. The van der Waals surface area contributed by atoms with E-state index >= 15 is 0 Å². The zero-order valence-electron chi connectivity index (χ0n) is 17.0. The molecule has 1 heterocycles. The Hall–Kier alpha value is -1.91. The number of nitrogens with zero attached hydrogens (tertiary/aromatic N) is 1. The number of anilines is 1. The molecule has 0 bridgehead atoms. The van der Waals surface area contributed by atoms with E-state index in [9.17, 15) is 4.79 Å². The maximum absolute atomic E-state index is 12.5. The predicted octanol–water partition coefficient (Wildman–Crippen LogP) is 4.95. The quantitative estimate of drug-likeness (QED) is 0.770. The highest BCUT2D eigenvalue weighted by molar-refractivity contribution is 5.68. The first-order valence-corrected chi connectivity index (χ1v) is 9.66. The smallest absolute Gasteiger partial charge is 0.410 e. The Morgan fingerprint density at radius 1 is 1.35 bits per heavy atom. The summed E-state index contributed by atoms with van der Waals surface area (Å²) in [7, 11) is 0. The molecule has 0 unspecified atom stereocenters. The van der Waals surface area contributed by atoms with Crippen LogP contribution in [0.5, 0.6) is 5.75 Å². The second-order valence-corrected chi connectivity index (χ2v) is 8.42. The van der Waals surface area contributed by atoms with E-state index < -0.39 is 5.60 Å². The lowest BCUT2D eigenvalue weighted by Gasteiger charge is -2.40. The van der Waals surface area contributed by atoms with Crippen LogP contribution in [0.25, 0.3) is 0 Å². The van der Waals surface area contributed by atoms with Crippen LogP contribution in [-0.2, 0) is 4.74 Å². The van der Waals surface area contributed by atoms with Crippen molar-refractivity contribution in [2.75, 3.05) is 12.3 Å². The largest absolute Gasteiger partial charge is 0.489 e. The van der Waals surface area contributed by atoms with Gasteiger partial charge in [-0.1, -0.05) is 13.0 Å². The van der Waals surface area contributed by atoms with Crippen molar-refractivity contribution in [1.29, 1.82) is 0 Å². The molecule has 1 aliphatic rings. The SMILES string of the molecule is CC[C@@H]1C[C@@H](c2ccc(N)c(OC(C)C)c2)CCN1C(=O)OC(C)(C)C. The average Bonchev–Trinajstić information content (AvgIpc) is 2.54. The fraction of sp³-hybridized carbons (Fsp3) is 0.667. The van der Waals surface area contributed by atoms with Gasteiger partial charge in [0.1, 0.15) is 11.4 Å². The summed E-state index contributed by atoms with van der Waals surface area (Å²) in [6, 6.07) is 6.27. The Balaban J connectivity index is 2.12. The fourth-order valence-electron chi connectivity index (χ4n) is 3.46. The van der Waals surface area contributed by atoms with Crippen LogP contribution in [0, 0.1) is 0 Å². The molecule has 2 rings (SSSR count). The summed E-state index contributed by atoms with van der Waals surface area (Å²) < 4.78 is 11.4. The van der Waals surface area contributed by atoms with Gasteiger partial charge in [0.15, 0.2) is 0 Å². The summed E-state index contributed by atoms with van der Waals surface area (Å²) in [5, 5.41) is 0. The summed E-state index contributed by atoms with van der Waals surface area (Å²) in [4.78, 5) is 14.4. The summed E-state index contributed by atoms with van der Waals surface area (Å²) >= 11 is 0. The number of piperidine rings is 1.